The molecule has 0 radical (unpaired) electrons. The van der Waals surface area contributed by atoms with Crippen molar-refractivity contribution in [3.8, 4) is 11.5 Å². The van der Waals surface area contributed by atoms with Gasteiger partial charge in [0.25, 0.3) is 0 Å². The number of benzene rings is 1. The fraction of sp³-hybridized carbons (Fsp3) is 0.278. The number of fused-ring (bicyclic) bond motifs is 1. The number of nitrogens with two attached hydrogens (primary N) is 1. The van der Waals surface area contributed by atoms with E-state index in [4.69, 9.17) is 33.4 Å². The summed E-state index contributed by atoms with van der Waals surface area (Å²) in [6.45, 7) is 0.540. The molecule has 7 heteroatoms. The summed E-state index contributed by atoms with van der Waals surface area (Å²) >= 11 is 12.2. The number of H-pyrrole nitrogens is 1. The smallest absolute Gasteiger partial charge is 0.194 e. The van der Waals surface area contributed by atoms with Gasteiger partial charge in [0.05, 0.1) is 17.3 Å². The summed E-state index contributed by atoms with van der Waals surface area (Å²) in [7, 11) is 0. The molecule has 2 heterocycles. The Morgan fingerprint density at radius 2 is 2.12 bits per heavy atom. The number of aryl methyl sites for hydroxylation is 1. The Labute approximate surface area is 155 Å². The molecule has 4 N–H and O–H groups in total. The highest BCUT2D eigenvalue weighted by atomic mass is 35.5. The molecule has 1 aliphatic rings. The van der Waals surface area contributed by atoms with Crippen LogP contribution in [0.5, 0.6) is 0 Å². The lowest BCUT2D eigenvalue weighted by molar-refractivity contribution is 0.576. The number of nitrogens with zero attached hydrogens (tertiary/aromatic N) is 1. The zero-order valence-corrected chi connectivity index (χ0v) is 15.0. The van der Waals surface area contributed by atoms with E-state index in [1.54, 1.807) is 12.1 Å². The molecule has 1 aromatic carbocycles. The second-order valence-electron chi connectivity index (χ2n) is 6.31. The Morgan fingerprint density at radius 3 is 2.92 bits per heavy atom. The topological polar surface area (TPSA) is 79.9 Å². The molecule has 0 spiro atoms. The lowest BCUT2D eigenvalue weighted by atomic mass is 9.88. The van der Waals surface area contributed by atoms with Crippen LogP contribution in [0.1, 0.15) is 23.2 Å². The number of aromatic amines is 1. The summed E-state index contributed by atoms with van der Waals surface area (Å²) < 4.78 is 5.37. The van der Waals surface area contributed by atoms with Gasteiger partial charge in [-0.25, -0.2) is 0 Å². The minimum Gasteiger partial charge on any atom is -0.443 e. The maximum Gasteiger partial charge on any atom is 0.194 e. The number of furan rings is 1. The molecule has 1 aliphatic carbocycles. The van der Waals surface area contributed by atoms with Gasteiger partial charge in [-0.1, -0.05) is 17.7 Å². The van der Waals surface area contributed by atoms with Crippen LogP contribution in [-0.4, -0.2) is 16.2 Å². The summed E-state index contributed by atoms with van der Waals surface area (Å²) in [6.07, 6.45) is 3.02. The van der Waals surface area contributed by atoms with Crippen LogP contribution < -0.4 is 11.1 Å². The normalized spacial score (nSPS) is 16.7. The van der Waals surface area contributed by atoms with Gasteiger partial charge in [0, 0.05) is 11.7 Å². The largest absolute Gasteiger partial charge is 0.443 e. The van der Waals surface area contributed by atoms with Crippen molar-refractivity contribution in [2.75, 3.05) is 5.32 Å². The Balaban J connectivity index is 1.48. The maximum atomic E-state index is 6.42. The molecule has 2 aromatic heterocycles. The van der Waals surface area contributed by atoms with Crippen LogP contribution in [0.4, 0.5) is 5.69 Å². The van der Waals surface area contributed by atoms with E-state index in [1.165, 1.54) is 11.1 Å². The summed E-state index contributed by atoms with van der Waals surface area (Å²) in [5.74, 6) is 0.544. The minimum atomic E-state index is 0.281. The van der Waals surface area contributed by atoms with Gasteiger partial charge in [-0.15, -0.1) is 0 Å². The summed E-state index contributed by atoms with van der Waals surface area (Å²) in [5, 5.41) is 11.4. The highest BCUT2D eigenvalue weighted by Gasteiger charge is 2.17. The third-order valence-corrected chi connectivity index (χ3v) is 5.13. The summed E-state index contributed by atoms with van der Waals surface area (Å²) in [6, 6.07) is 10.1. The number of nitrogens with one attached hydrogen (secondary N) is 2. The van der Waals surface area contributed by atoms with E-state index in [1.807, 2.05) is 0 Å². The molecule has 0 bridgehead atoms. The molecule has 1 atom stereocenters. The Bertz CT molecular complexity index is 902. The van der Waals surface area contributed by atoms with Gasteiger partial charge >= 0.3 is 0 Å². The molecule has 0 saturated heterocycles. The lowest BCUT2D eigenvalue weighted by Gasteiger charge is -2.22. The third-order valence-electron chi connectivity index (χ3n) is 4.52. The first kappa shape index (κ1) is 16.5. The zero-order valence-electron chi connectivity index (χ0n) is 13.5. The number of aromatic nitrogens is 2. The van der Waals surface area contributed by atoms with Gasteiger partial charge in [0.1, 0.15) is 5.69 Å². The van der Waals surface area contributed by atoms with Crippen LogP contribution >= 0.6 is 23.2 Å². The second-order valence-corrected chi connectivity index (χ2v) is 7.06. The number of halogens is 2. The molecule has 0 unspecified atom stereocenters. The number of rotatable bonds is 4. The zero-order chi connectivity index (χ0) is 17.4. The van der Waals surface area contributed by atoms with Gasteiger partial charge in [0.2, 0.25) is 0 Å². The van der Waals surface area contributed by atoms with Crippen molar-refractivity contribution >= 4 is 28.9 Å². The van der Waals surface area contributed by atoms with Crippen LogP contribution in [0.3, 0.4) is 0 Å². The second kappa shape index (κ2) is 6.75. The molecular weight excluding hydrogens is 359 g/mol. The van der Waals surface area contributed by atoms with E-state index in [9.17, 15) is 0 Å². The van der Waals surface area contributed by atoms with Crippen LogP contribution in [0, 0.1) is 0 Å². The fourth-order valence-corrected chi connectivity index (χ4v) is 3.56. The van der Waals surface area contributed by atoms with Gasteiger partial charge in [-0.3, -0.25) is 5.10 Å². The molecule has 0 fully saturated rings. The first-order valence-corrected chi connectivity index (χ1v) is 8.95. The van der Waals surface area contributed by atoms with Gasteiger partial charge in [-0.2, -0.15) is 5.10 Å². The van der Waals surface area contributed by atoms with E-state index in [0.29, 0.717) is 28.2 Å². The van der Waals surface area contributed by atoms with Crippen molar-refractivity contribution in [3.63, 3.8) is 0 Å². The van der Waals surface area contributed by atoms with Crippen molar-refractivity contribution in [1.82, 2.24) is 10.2 Å². The van der Waals surface area contributed by atoms with E-state index < -0.39 is 0 Å². The Kier molecular flexibility index (Phi) is 4.46. The molecule has 5 nitrogen and oxygen atoms in total. The first-order valence-electron chi connectivity index (χ1n) is 8.20. The molecule has 130 valence electrons. The Morgan fingerprint density at radius 1 is 1.24 bits per heavy atom. The molecule has 0 aliphatic heterocycles. The summed E-state index contributed by atoms with van der Waals surface area (Å²) in [4.78, 5) is 0. The van der Waals surface area contributed by atoms with Gasteiger partial charge < -0.3 is 15.5 Å². The molecule has 3 aromatic rings. The van der Waals surface area contributed by atoms with Crippen LogP contribution in [0.2, 0.25) is 10.2 Å². The number of hydrogen-bond donors (Lipinski definition) is 3. The highest BCUT2D eigenvalue weighted by Crippen LogP contribution is 2.31. The van der Waals surface area contributed by atoms with Crippen molar-refractivity contribution < 1.29 is 4.42 Å². The number of anilines is 1. The molecule has 0 amide bonds. The van der Waals surface area contributed by atoms with Crippen LogP contribution in [-0.2, 0) is 19.4 Å². The fourth-order valence-electron chi connectivity index (χ4n) is 3.17. The van der Waals surface area contributed by atoms with E-state index in [2.05, 4.69) is 33.7 Å². The highest BCUT2D eigenvalue weighted by molar-refractivity contribution is 6.33. The van der Waals surface area contributed by atoms with Gasteiger partial charge in [-0.05, 0) is 66.3 Å². The van der Waals surface area contributed by atoms with Gasteiger partial charge in [0.15, 0.2) is 11.0 Å². The predicted octanol–water partition coefficient (Wildman–Crippen LogP) is 4.40. The molecular formula is C18H18Cl2N4O. The van der Waals surface area contributed by atoms with Crippen molar-refractivity contribution in [2.45, 2.75) is 31.8 Å². The molecule has 0 saturated carbocycles. The van der Waals surface area contributed by atoms with Crippen LogP contribution in [0.25, 0.3) is 11.5 Å². The van der Waals surface area contributed by atoms with Crippen molar-refractivity contribution in [3.05, 3.63) is 57.4 Å². The Hall–Kier alpha value is -1.95. The molecule has 4 rings (SSSR count). The first-order chi connectivity index (χ1) is 12.1. The average Bonchev–Trinajstić information content (AvgIpc) is 3.18. The van der Waals surface area contributed by atoms with E-state index in [-0.39, 0.29) is 6.04 Å². The average molecular weight is 377 g/mol. The predicted molar refractivity (Wildman–Crippen MR) is 100 cm³/mol. The monoisotopic (exact) mass is 376 g/mol. The summed E-state index contributed by atoms with van der Waals surface area (Å²) in [5.41, 5.74) is 11.2. The van der Waals surface area contributed by atoms with Crippen LogP contribution in [0.15, 0.2) is 34.7 Å². The van der Waals surface area contributed by atoms with Crippen molar-refractivity contribution in [2.24, 2.45) is 5.73 Å². The molecule has 25 heavy (non-hydrogen) atoms. The number of hydrogen-bond acceptors (Lipinski definition) is 4. The third kappa shape index (κ3) is 3.40. The maximum absolute atomic E-state index is 6.42. The SMILES string of the molecule is N[C@H]1CCc2cc(NCc3[nH]nc(-c4ccc(Cl)o4)c3Cl)ccc2C1. The quantitative estimate of drug-likeness (QED) is 0.630. The van der Waals surface area contributed by atoms with E-state index in [0.717, 1.165) is 30.6 Å². The van der Waals surface area contributed by atoms with E-state index >= 15 is 0 Å². The lowest BCUT2D eigenvalue weighted by Crippen LogP contribution is -2.27. The minimum absolute atomic E-state index is 0.281. The standard InChI is InChI=1S/C18H18Cl2N4O/c19-16-6-5-15(25-16)18-17(20)14(23-24-18)9-22-13-4-2-10-7-12(21)3-1-11(10)8-13/h2,4-6,8,12,22H,1,3,7,9,21H2,(H,23,24)/t12-/m0/s1. The van der Waals surface area contributed by atoms with Crippen molar-refractivity contribution in [1.29, 1.82) is 0 Å².